The van der Waals surface area contributed by atoms with Crippen LogP contribution in [0.15, 0.2) is 48.9 Å². The van der Waals surface area contributed by atoms with E-state index < -0.39 is 0 Å². The Morgan fingerprint density at radius 1 is 1.20 bits per heavy atom. The number of nitrogens with one attached hydrogen (secondary N) is 1. The van der Waals surface area contributed by atoms with Gasteiger partial charge >= 0.3 is 0 Å². The third-order valence-corrected chi connectivity index (χ3v) is 4.97. The first kappa shape index (κ1) is 14.2. The van der Waals surface area contributed by atoms with Gasteiger partial charge in [0.25, 0.3) is 0 Å². The number of rotatable bonds is 2. The van der Waals surface area contributed by atoms with Gasteiger partial charge in [0.15, 0.2) is 0 Å². The molecule has 0 aliphatic heterocycles. The predicted molar refractivity (Wildman–Crippen MR) is 93.9 cm³/mol. The lowest BCUT2D eigenvalue weighted by molar-refractivity contribution is 0.472. The Hall–Kier alpha value is -3.15. The minimum Gasteiger partial charge on any atom is -0.508 e. The molecule has 0 bridgehead atoms. The van der Waals surface area contributed by atoms with Crippen molar-refractivity contribution in [2.45, 2.75) is 25.2 Å². The molecule has 124 valence electrons. The Morgan fingerprint density at radius 2 is 2.16 bits per heavy atom. The van der Waals surface area contributed by atoms with Crippen LogP contribution >= 0.6 is 0 Å². The van der Waals surface area contributed by atoms with Gasteiger partial charge in [-0.2, -0.15) is 5.10 Å². The Labute approximate surface area is 144 Å². The zero-order chi connectivity index (χ0) is 16.8. The van der Waals surface area contributed by atoms with Crippen molar-refractivity contribution < 1.29 is 5.11 Å². The predicted octanol–water partition coefficient (Wildman–Crippen LogP) is 3.12. The fourth-order valence-corrected chi connectivity index (χ4v) is 3.69. The molecule has 1 unspecified atom stereocenters. The number of pyridine rings is 1. The van der Waals surface area contributed by atoms with Gasteiger partial charge in [-0.15, -0.1) is 0 Å². The zero-order valence-corrected chi connectivity index (χ0v) is 13.6. The first-order valence-corrected chi connectivity index (χ1v) is 8.43. The van der Waals surface area contributed by atoms with Gasteiger partial charge < -0.3 is 10.1 Å². The van der Waals surface area contributed by atoms with E-state index in [0.29, 0.717) is 11.7 Å². The monoisotopic (exact) mass is 331 g/mol. The minimum atomic E-state index is 0.321. The molecule has 0 saturated heterocycles. The number of H-pyrrole nitrogens is 1. The van der Waals surface area contributed by atoms with Crippen LogP contribution in [0.2, 0.25) is 0 Å². The molecule has 5 rings (SSSR count). The van der Waals surface area contributed by atoms with Crippen LogP contribution in [0.4, 0.5) is 0 Å². The molecule has 0 spiro atoms. The van der Waals surface area contributed by atoms with E-state index in [2.05, 4.69) is 26.1 Å². The summed E-state index contributed by atoms with van der Waals surface area (Å²) in [5.74, 6) is 1.42. The summed E-state index contributed by atoms with van der Waals surface area (Å²) in [6.45, 7) is 0. The molecule has 1 aliphatic rings. The molecule has 1 atom stereocenters. The third kappa shape index (κ3) is 2.38. The van der Waals surface area contributed by atoms with Gasteiger partial charge in [0.1, 0.15) is 5.75 Å². The number of aromatic hydroxyl groups is 1. The molecule has 2 N–H and O–H groups in total. The summed E-state index contributed by atoms with van der Waals surface area (Å²) in [6.07, 6.45) is 8.39. The lowest BCUT2D eigenvalue weighted by atomic mass is 9.83. The van der Waals surface area contributed by atoms with E-state index >= 15 is 0 Å². The highest BCUT2D eigenvalue weighted by Gasteiger charge is 2.25. The molecule has 25 heavy (non-hydrogen) atoms. The first-order chi connectivity index (χ1) is 12.3. The number of aromatic nitrogens is 5. The van der Waals surface area contributed by atoms with E-state index in [0.717, 1.165) is 36.2 Å². The van der Waals surface area contributed by atoms with Crippen molar-refractivity contribution in [2.75, 3.05) is 0 Å². The number of nitrogens with zero attached hydrogens (tertiary/aromatic N) is 4. The fourth-order valence-electron chi connectivity index (χ4n) is 3.69. The number of hydrogen-bond donors (Lipinski definition) is 2. The molecule has 0 radical (unpaired) electrons. The van der Waals surface area contributed by atoms with E-state index in [9.17, 15) is 5.11 Å². The molecule has 1 aromatic carbocycles. The van der Waals surface area contributed by atoms with Gasteiger partial charge in [0.2, 0.25) is 5.95 Å². The van der Waals surface area contributed by atoms with E-state index in [-0.39, 0.29) is 0 Å². The molecule has 3 aromatic heterocycles. The number of aryl methyl sites for hydroxylation is 1. The maximum Gasteiger partial charge on any atom is 0.229 e. The van der Waals surface area contributed by atoms with Crippen LogP contribution in [0.1, 0.15) is 29.2 Å². The van der Waals surface area contributed by atoms with Crippen LogP contribution in [0, 0.1) is 0 Å². The van der Waals surface area contributed by atoms with Crippen LogP contribution in [-0.4, -0.2) is 29.8 Å². The van der Waals surface area contributed by atoms with Crippen LogP contribution in [0.5, 0.6) is 5.75 Å². The van der Waals surface area contributed by atoms with Crippen molar-refractivity contribution in [3.05, 3.63) is 65.7 Å². The number of imidazole rings is 1. The van der Waals surface area contributed by atoms with Crippen molar-refractivity contribution in [1.82, 2.24) is 24.7 Å². The molecule has 0 saturated carbocycles. The van der Waals surface area contributed by atoms with Crippen LogP contribution < -0.4 is 0 Å². The summed E-state index contributed by atoms with van der Waals surface area (Å²) in [5, 5.41) is 14.3. The highest BCUT2D eigenvalue weighted by molar-refractivity contribution is 5.74. The molecule has 1 aliphatic carbocycles. The molecule has 6 nitrogen and oxygen atoms in total. The number of aromatic amines is 1. The summed E-state index contributed by atoms with van der Waals surface area (Å²) in [5.41, 5.74) is 5.42. The number of hydrogen-bond acceptors (Lipinski definition) is 4. The summed E-state index contributed by atoms with van der Waals surface area (Å²) < 4.78 is 1.91. The van der Waals surface area contributed by atoms with Gasteiger partial charge in [-0.1, -0.05) is 12.1 Å². The van der Waals surface area contributed by atoms with Gasteiger partial charge in [0.05, 0.1) is 29.1 Å². The second-order valence-electron chi connectivity index (χ2n) is 6.52. The van der Waals surface area contributed by atoms with Crippen molar-refractivity contribution in [1.29, 1.82) is 0 Å². The van der Waals surface area contributed by atoms with Crippen molar-refractivity contribution >= 4 is 11.0 Å². The minimum absolute atomic E-state index is 0.321. The maximum atomic E-state index is 9.77. The molecule has 6 heteroatoms. The number of fused-ring (bicyclic) bond motifs is 2. The van der Waals surface area contributed by atoms with E-state index in [1.807, 2.05) is 29.1 Å². The Bertz CT molecular complexity index is 1030. The van der Waals surface area contributed by atoms with E-state index in [1.54, 1.807) is 18.5 Å². The summed E-state index contributed by atoms with van der Waals surface area (Å²) in [4.78, 5) is 12.1. The quantitative estimate of drug-likeness (QED) is 0.591. The molecular formula is C19H17N5O. The largest absolute Gasteiger partial charge is 0.508 e. The Balaban J connectivity index is 1.54. The number of phenols is 1. The first-order valence-electron chi connectivity index (χ1n) is 8.43. The summed E-state index contributed by atoms with van der Waals surface area (Å²) >= 11 is 0. The topological polar surface area (TPSA) is 79.6 Å². The maximum absolute atomic E-state index is 9.77. The van der Waals surface area contributed by atoms with Gasteiger partial charge in [-0.3, -0.25) is 4.98 Å². The second kappa shape index (κ2) is 5.44. The Kier molecular flexibility index (Phi) is 3.09. The third-order valence-electron chi connectivity index (χ3n) is 4.97. The van der Waals surface area contributed by atoms with Crippen LogP contribution in [0.25, 0.3) is 17.0 Å². The molecule has 3 heterocycles. The van der Waals surface area contributed by atoms with Crippen LogP contribution in [-0.2, 0) is 12.8 Å². The second-order valence-corrected chi connectivity index (χ2v) is 6.52. The average molecular weight is 331 g/mol. The lowest BCUT2D eigenvalue weighted by Crippen LogP contribution is -2.16. The summed E-state index contributed by atoms with van der Waals surface area (Å²) in [7, 11) is 0. The molecule has 0 fully saturated rings. The SMILES string of the molecule is Oc1cccc(C2CCc3cnn(-c4nc5ccncc5[nH]4)c3C2)c1. The highest BCUT2D eigenvalue weighted by atomic mass is 16.3. The molecule has 0 amide bonds. The average Bonchev–Trinajstić information content (AvgIpc) is 3.24. The van der Waals surface area contributed by atoms with Crippen molar-refractivity contribution in [3.8, 4) is 11.7 Å². The van der Waals surface area contributed by atoms with Crippen molar-refractivity contribution in [2.24, 2.45) is 0 Å². The number of benzene rings is 1. The molecule has 4 aromatic rings. The smallest absolute Gasteiger partial charge is 0.229 e. The van der Waals surface area contributed by atoms with Gasteiger partial charge in [0, 0.05) is 6.20 Å². The van der Waals surface area contributed by atoms with Gasteiger partial charge in [-0.25, -0.2) is 9.67 Å². The van der Waals surface area contributed by atoms with E-state index in [1.165, 1.54) is 16.8 Å². The highest BCUT2D eigenvalue weighted by Crippen LogP contribution is 2.34. The fraction of sp³-hybridized carbons (Fsp3) is 0.211. The zero-order valence-electron chi connectivity index (χ0n) is 13.6. The number of phenolic OH excluding ortho intramolecular Hbond substituents is 1. The normalized spacial score (nSPS) is 16.9. The van der Waals surface area contributed by atoms with Gasteiger partial charge in [-0.05, 0) is 54.5 Å². The summed E-state index contributed by atoms with van der Waals surface area (Å²) in [6, 6.07) is 9.46. The lowest BCUT2D eigenvalue weighted by Gasteiger charge is -2.23. The Morgan fingerprint density at radius 3 is 3.04 bits per heavy atom. The van der Waals surface area contributed by atoms with Crippen LogP contribution in [0.3, 0.4) is 0 Å². The standard InChI is InChI=1S/C19H17N5O/c25-15-3-1-2-12(8-15)13-4-5-14-10-21-24(18(14)9-13)19-22-16-6-7-20-11-17(16)23-19/h1-3,6-8,10-11,13,25H,4-5,9H2,(H,22,23). The molecular weight excluding hydrogens is 314 g/mol. The van der Waals surface area contributed by atoms with E-state index in [4.69, 9.17) is 0 Å². The van der Waals surface area contributed by atoms with Crippen molar-refractivity contribution in [3.63, 3.8) is 0 Å².